The molecule has 2 aromatic rings. The van der Waals surface area contributed by atoms with Gasteiger partial charge in [0.15, 0.2) is 0 Å². The predicted octanol–water partition coefficient (Wildman–Crippen LogP) is 4.18. The van der Waals surface area contributed by atoms with Gasteiger partial charge in [0, 0.05) is 35.3 Å². The van der Waals surface area contributed by atoms with Crippen LogP contribution in [-0.2, 0) is 4.79 Å². The van der Waals surface area contributed by atoms with E-state index < -0.39 is 11.6 Å². The van der Waals surface area contributed by atoms with Crippen molar-refractivity contribution < 1.29 is 18.4 Å². The van der Waals surface area contributed by atoms with E-state index in [1.54, 1.807) is 29.2 Å². The normalized spacial score (nSPS) is 10.5. The van der Waals surface area contributed by atoms with Crippen LogP contribution in [-0.4, -0.2) is 35.6 Å². The Hall–Kier alpha value is -2.41. The summed E-state index contributed by atoms with van der Waals surface area (Å²) in [6.45, 7) is 5.01. The minimum atomic E-state index is -0.699. The van der Waals surface area contributed by atoms with Crippen LogP contribution >= 0.6 is 11.8 Å². The van der Waals surface area contributed by atoms with E-state index in [1.165, 1.54) is 6.07 Å². The van der Waals surface area contributed by atoms with Crippen molar-refractivity contribution in [3.63, 3.8) is 0 Å². The fourth-order valence-electron chi connectivity index (χ4n) is 2.36. The molecule has 0 bridgehead atoms. The molecule has 0 spiro atoms. The van der Waals surface area contributed by atoms with Crippen LogP contribution < -0.4 is 5.32 Å². The maximum Gasteiger partial charge on any atom is 0.253 e. The molecule has 138 valence electrons. The number of rotatable bonds is 7. The second-order valence-electron chi connectivity index (χ2n) is 5.47. The van der Waals surface area contributed by atoms with Gasteiger partial charge in [-0.2, -0.15) is 0 Å². The molecule has 2 amide bonds. The zero-order valence-electron chi connectivity index (χ0n) is 14.6. The highest BCUT2D eigenvalue weighted by molar-refractivity contribution is 8.00. The topological polar surface area (TPSA) is 49.4 Å². The number of amides is 2. The maximum atomic E-state index is 13.6. The van der Waals surface area contributed by atoms with Gasteiger partial charge in [-0.25, -0.2) is 8.78 Å². The lowest BCUT2D eigenvalue weighted by molar-refractivity contribution is -0.113. The first-order valence-electron chi connectivity index (χ1n) is 8.21. The lowest BCUT2D eigenvalue weighted by atomic mass is 10.1. The van der Waals surface area contributed by atoms with Gasteiger partial charge in [-0.3, -0.25) is 9.59 Å². The van der Waals surface area contributed by atoms with Crippen molar-refractivity contribution in [2.45, 2.75) is 18.7 Å². The highest BCUT2D eigenvalue weighted by atomic mass is 32.2. The van der Waals surface area contributed by atoms with E-state index in [9.17, 15) is 18.4 Å². The lowest BCUT2D eigenvalue weighted by Gasteiger charge is -2.19. The van der Waals surface area contributed by atoms with Crippen molar-refractivity contribution in [3.8, 4) is 0 Å². The molecule has 1 N–H and O–H groups in total. The predicted molar refractivity (Wildman–Crippen MR) is 99.4 cm³/mol. The average molecular weight is 378 g/mol. The van der Waals surface area contributed by atoms with Gasteiger partial charge in [0.25, 0.3) is 5.91 Å². The summed E-state index contributed by atoms with van der Waals surface area (Å²) in [5.74, 6) is -1.84. The Morgan fingerprint density at radius 2 is 1.81 bits per heavy atom. The summed E-state index contributed by atoms with van der Waals surface area (Å²) in [5.41, 5.74) is 0.983. The Kier molecular flexibility index (Phi) is 7.15. The number of hydrogen-bond acceptors (Lipinski definition) is 3. The van der Waals surface area contributed by atoms with Gasteiger partial charge in [-0.1, -0.05) is 6.07 Å². The number of benzene rings is 2. The summed E-state index contributed by atoms with van der Waals surface area (Å²) in [5, 5.41) is 2.69. The van der Waals surface area contributed by atoms with Crippen molar-refractivity contribution in [2.24, 2.45) is 0 Å². The summed E-state index contributed by atoms with van der Waals surface area (Å²) < 4.78 is 26.5. The van der Waals surface area contributed by atoms with Crippen LogP contribution in [0.3, 0.4) is 0 Å². The zero-order valence-corrected chi connectivity index (χ0v) is 15.4. The Morgan fingerprint density at radius 1 is 1.08 bits per heavy atom. The molecule has 0 fully saturated rings. The fraction of sp³-hybridized carbons (Fsp3) is 0.263. The number of carbonyl (C=O) groups excluding carboxylic acids is 2. The first-order chi connectivity index (χ1) is 12.4. The molecule has 0 unspecified atom stereocenters. The van der Waals surface area contributed by atoms with Gasteiger partial charge >= 0.3 is 0 Å². The second-order valence-corrected chi connectivity index (χ2v) is 6.49. The fourth-order valence-corrected chi connectivity index (χ4v) is 3.08. The molecule has 2 aromatic carbocycles. The number of nitrogens with zero attached hydrogens (tertiary/aromatic N) is 1. The molecule has 26 heavy (non-hydrogen) atoms. The molecule has 2 rings (SSSR count). The third kappa shape index (κ3) is 5.29. The number of halogens is 2. The highest BCUT2D eigenvalue weighted by Crippen LogP contribution is 2.22. The number of nitrogens with one attached hydrogen (secondary N) is 1. The number of hydrogen-bond donors (Lipinski definition) is 1. The number of anilines is 1. The standard InChI is InChI=1S/C19H20F2N2O2S/c1-3-23(4-2)19(25)13-6-5-7-15(10-13)22-18(24)12-26-17-9-8-14(20)11-16(17)21/h5-11H,3-4,12H2,1-2H3,(H,22,24). The summed E-state index contributed by atoms with van der Waals surface area (Å²) in [7, 11) is 0. The van der Waals surface area contributed by atoms with E-state index in [1.807, 2.05) is 13.8 Å². The lowest BCUT2D eigenvalue weighted by Crippen LogP contribution is -2.30. The van der Waals surface area contributed by atoms with Crippen LogP contribution in [0.1, 0.15) is 24.2 Å². The Bertz CT molecular complexity index is 795. The Labute approximate surface area is 155 Å². The molecular formula is C19H20F2N2O2S. The third-order valence-electron chi connectivity index (χ3n) is 3.70. The Morgan fingerprint density at radius 3 is 2.46 bits per heavy atom. The largest absolute Gasteiger partial charge is 0.339 e. The van der Waals surface area contributed by atoms with Gasteiger partial charge in [0.1, 0.15) is 11.6 Å². The van der Waals surface area contributed by atoms with Gasteiger partial charge < -0.3 is 10.2 Å². The van der Waals surface area contributed by atoms with Gasteiger partial charge in [-0.05, 0) is 44.2 Å². The molecule has 0 aliphatic rings. The number of carbonyl (C=O) groups is 2. The van der Waals surface area contributed by atoms with Crippen molar-refractivity contribution in [1.82, 2.24) is 4.90 Å². The molecule has 4 nitrogen and oxygen atoms in total. The van der Waals surface area contributed by atoms with Crippen LogP contribution in [0, 0.1) is 11.6 Å². The van der Waals surface area contributed by atoms with E-state index in [0.29, 0.717) is 24.3 Å². The highest BCUT2D eigenvalue weighted by Gasteiger charge is 2.13. The van der Waals surface area contributed by atoms with Crippen molar-refractivity contribution in [3.05, 3.63) is 59.7 Å². The summed E-state index contributed by atoms with van der Waals surface area (Å²) in [4.78, 5) is 26.3. The Balaban J connectivity index is 1.98. The van der Waals surface area contributed by atoms with Gasteiger partial charge in [0.05, 0.1) is 5.75 Å². The van der Waals surface area contributed by atoms with Gasteiger partial charge in [-0.15, -0.1) is 11.8 Å². The maximum absolute atomic E-state index is 13.6. The molecule has 0 aliphatic heterocycles. The monoisotopic (exact) mass is 378 g/mol. The number of thioether (sulfide) groups is 1. The molecule has 0 atom stereocenters. The zero-order chi connectivity index (χ0) is 19.1. The van der Waals surface area contributed by atoms with E-state index in [4.69, 9.17) is 0 Å². The summed E-state index contributed by atoms with van der Waals surface area (Å²) >= 11 is 0.977. The van der Waals surface area contributed by atoms with Crippen molar-refractivity contribution in [2.75, 3.05) is 24.2 Å². The minimum absolute atomic E-state index is 0.0310. The molecule has 0 aromatic heterocycles. The van der Waals surface area contributed by atoms with E-state index in [-0.39, 0.29) is 22.5 Å². The van der Waals surface area contributed by atoms with Crippen LogP contribution in [0.5, 0.6) is 0 Å². The second kappa shape index (κ2) is 9.33. The molecule has 0 heterocycles. The quantitative estimate of drug-likeness (QED) is 0.736. The molecule has 0 aliphatic carbocycles. The molecule has 7 heteroatoms. The molecule has 0 saturated heterocycles. The molecular weight excluding hydrogens is 358 g/mol. The summed E-state index contributed by atoms with van der Waals surface area (Å²) in [6, 6.07) is 9.90. The van der Waals surface area contributed by atoms with Gasteiger partial charge in [0.2, 0.25) is 5.91 Å². The van der Waals surface area contributed by atoms with E-state index >= 15 is 0 Å². The third-order valence-corrected chi connectivity index (χ3v) is 4.75. The smallest absolute Gasteiger partial charge is 0.253 e. The van der Waals surface area contributed by atoms with E-state index in [0.717, 1.165) is 23.9 Å². The van der Waals surface area contributed by atoms with Crippen LogP contribution in [0.4, 0.5) is 14.5 Å². The van der Waals surface area contributed by atoms with Crippen LogP contribution in [0.2, 0.25) is 0 Å². The first-order valence-corrected chi connectivity index (χ1v) is 9.20. The van der Waals surface area contributed by atoms with Crippen LogP contribution in [0.15, 0.2) is 47.4 Å². The molecule has 0 radical (unpaired) electrons. The van der Waals surface area contributed by atoms with Crippen molar-refractivity contribution >= 4 is 29.3 Å². The SMILES string of the molecule is CCN(CC)C(=O)c1cccc(NC(=O)CSc2ccc(F)cc2F)c1. The molecule has 0 saturated carbocycles. The van der Waals surface area contributed by atoms with Crippen LogP contribution in [0.25, 0.3) is 0 Å². The first kappa shape index (κ1) is 19.9. The minimum Gasteiger partial charge on any atom is -0.339 e. The average Bonchev–Trinajstić information content (AvgIpc) is 2.62. The van der Waals surface area contributed by atoms with Crippen molar-refractivity contribution in [1.29, 1.82) is 0 Å². The summed E-state index contributed by atoms with van der Waals surface area (Å²) in [6.07, 6.45) is 0. The van der Waals surface area contributed by atoms with E-state index in [2.05, 4.69) is 5.32 Å².